The van der Waals surface area contributed by atoms with Gasteiger partial charge in [0.25, 0.3) is 0 Å². The zero-order chi connectivity index (χ0) is 14.8. The molecule has 1 N–H and O–H groups in total. The molecule has 110 valence electrons. The molecule has 0 bridgehead atoms. The lowest BCUT2D eigenvalue weighted by molar-refractivity contribution is 0.534. The molecule has 0 saturated carbocycles. The van der Waals surface area contributed by atoms with E-state index in [1.165, 1.54) is 40.8 Å². The largest absolute Gasteiger partial charge is 0.384 e. The number of aryl methyl sites for hydroxylation is 1. The highest BCUT2D eigenvalue weighted by atomic mass is 14.9. The van der Waals surface area contributed by atoms with Gasteiger partial charge in [-0.1, -0.05) is 61.9 Å². The van der Waals surface area contributed by atoms with Crippen LogP contribution < -0.4 is 5.32 Å². The van der Waals surface area contributed by atoms with Crippen LogP contribution in [0.3, 0.4) is 0 Å². The molecular formula is C20H25N. The Morgan fingerprint density at radius 3 is 2.57 bits per heavy atom. The first-order valence-corrected chi connectivity index (χ1v) is 8.04. The van der Waals surface area contributed by atoms with Gasteiger partial charge in [0.15, 0.2) is 0 Å². The van der Waals surface area contributed by atoms with Crippen LogP contribution in [0, 0.1) is 12.8 Å². The summed E-state index contributed by atoms with van der Waals surface area (Å²) in [6, 6.07) is 15.7. The number of benzene rings is 2. The maximum atomic E-state index is 3.69. The molecule has 3 rings (SSSR count). The van der Waals surface area contributed by atoms with Crippen molar-refractivity contribution in [1.29, 1.82) is 0 Å². The molecule has 21 heavy (non-hydrogen) atoms. The first kappa shape index (κ1) is 14.2. The van der Waals surface area contributed by atoms with Crippen molar-refractivity contribution in [2.75, 3.05) is 11.9 Å². The summed E-state index contributed by atoms with van der Waals surface area (Å²) in [5.74, 6) is 1.28. The summed E-state index contributed by atoms with van der Waals surface area (Å²) >= 11 is 0. The van der Waals surface area contributed by atoms with Crippen LogP contribution in [0.25, 0.3) is 0 Å². The zero-order valence-electron chi connectivity index (χ0n) is 13.3. The summed E-state index contributed by atoms with van der Waals surface area (Å²) in [6.07, 6.45) is 2.36. The third-order valence-electron chi connectivity index (χ3n) is 4.53. The first-order chi connectivity index (χ1) is 10.1. The second-order valence-corrected chi connectivity index (χ2v) is 6.68. The van der Waals surface area contributed by atoms with Gasteiger partial charge in [-0.25, -0.2) is 0 Å². The van der Waals surface area contributed by atoms with Crippen molar-refractivity contribution in [1.82, 2.24) is 0 Å². The molecule has 0 amide bonds. The molecule has 2 aromatic carbocycles. The number of nitrogens with one attached hydrogen (secondary N) is 1. The average molecular weight is 279 g/mol. The van der Waals surface area contributed by atoms with Crippen molar-refractivity contribution in [2.24, 2.45) is 5.92 Å². The van der Waals surface area contributed by atoms with Crippen LogP contribution in [-0.2, 0) is 12.8 Å². The fourth-order valence-electron chi connectivity index (χ4n) is 3.32. The fraction of sp³-hybridized carbons (Fsp3) is 0.400. The summed E-state index contributed by atoms with van der Waals surface area (Å²) in [6.45, 7) is 7.78. The van der Waals surface area contributed by atoms with Gasteiger partial charge in [-0.05, 0) is 48.3 Å². The average Bonchev–Trinajstić information content (AvgIpc) is 2.48. The number of hydrogen-bond acceptors (Lipinski definition) is 1. The quantitative estimate of drug-likeness (QED) is 0.838. The van der Waals surface area contributed by atoms with Crippen molar-refractivity contribution in [3.05, 3.63) is 64.7 Å². The molecule has 1 nitrogen and oxygen atoms in total. The standard InChI is InChI=1S/C20H25N/c1-14(2)19-6-4-5-18-12-17(13-21-20(18)19)11-16-9-7-15(3)8-10-16/h4-10,14,17,21H,11-13H2,1-3H3. The summed E-state index contributed by atoms with van der Waals surface area (Å²) in [7, 11) is 0. The highest BCUT2D eigenvalue weighted by Gasteiger charge is 2.21. The van der Waals surface area contributed by atoms with Crippen molar-refractivity contribution in [3.8, 4) is 0 Å². The predicted octanol–water partition coefficient (Wildman–Crippen LogP) is 4.95. The summed E-state index contributed by atoms with van der Waals surface area (Å²) in [4.78, 5) is 0. The molecular weight excluding hydrogens is 254 g/mol. The van der Waals surface area contributed by atoms with Gasteiger partial charge in [-0.2, -0.15) is 0 Å². The Labute approximate surface area is 128 Å². The lowest BCUT2D eigenvalue weighted by atomic mass is 9.86. The lowest BCUT2D eigenvalue weighted by Gasteiger charge is -2.29. The monoisotopic (exact) mass is 279 g/mol. The lowest BCUT2D eigenvalue weighted by Crippen LogP contribution is -2.25. The molecule has 0 spiro atoms. The van der Waals surface area contributed by atoms with E-state index in [1.54, 1.807) is 0 Å². The number of para-hydroxylation sites is 1. The first-order valence-electron chi connectivity index (χ1n) is 8.04. The molecule has 0 fully saturated rings. The van der Waals surface area contributed by atoms with E-state index in [0.29, 0.717) is 11.8 Å². The number of hydrogen-bond donors (Lipinski definition) is 1. The van der Waals surface area contributed by atoms with Crippen LogP contribution in [0.1, 0.15) is 42.0 Å². The number of rotatable bonds is 3. The van der Waals surface area contributed by atoms with Crippen LogP contribution in [0.2, 0.25) is 0 Å². The van der Waals surface area contributed by atoms with Crippen LogP contribution >= 0.6 is 0 Å². The van der Waals surface area contributed by atoms with Crippen LogP contribution in [0.4, 0.5) is 5.69 Å². The molecule has 0 aromatic heterocycles. The summed E-state index contributed by atoms with van der Waals surface area (Å²) in [5.41, 5.74) is 7.14. The second-order valence-electron chi connectivity index (χ2n) is 6.68. The van der Waals surface area contributed by atoms with Gasteiger partial charge in [-0.3, -0.25) is 0 Å². The third-order valence-corrected chi connectivity index (χ3v) is 4.53. The highest BCUT2D eigenvalue weighted by molar-refractivity contribution is 5.60. The maximum Gasteiger partial charge on any atom is 0.0408 e. The Hall–Kier alpha value is -1.76. The van der Waals surface area contributed by atoms with E-state index in [-0.39, 0.29) is 0 Å². The molecule has 0 radical (unpaired) electrons. The molecule has 1 atom stereocenters. The molecule has 1 heterocycles. The van der Waals surface area contributed by atoms with E-state index < -0.39 is 0 Å². The molecule has 1 unspecified atom stereocenters. The van der Waals surface area contributed by atoms with E-state index in [4.69, 9.17) is 0 Å². The van der Waals surface area contributed by atoms with Crippen molar-refractivity contribution in [2.45, 2.75) is 39.5 Å². The molecule has 1 heteroatoms. The highest BCUT2D eigenvalue weighted by Crippen LogP contribution is 2.33. The molecule has 0 aliphatic carbocycles. The SMILES string of the molecule is Cc1ccc(CC2CNc3c(cccc3C(C)C)C2)cc1. The van der Waals surface area contributed by atoms with E-state index in [1.807, 2.05) is 0 Å². The number of anilines is 1. The van der Waals surface area contributed by atoms with Crippen LogP contribution in [0.15, 0.2) is 42.5 Å². The van der Waals surface area contributed by atoms with E-state index in [2.05, 4.69) is 68.6 Å². The van der Waals surface area contributed by atoms with Gasteiger partial charge in [-0.15, -0.1) is 0 Å². The van der Waals surface area contributed by atoms with E-state index in [0.717, 1.165) is 6.54 Å². The third kappa shape index (κ3) is 3.12. The number of fused-ring (bicyclic) bond motifs is 1. The predicted molar refractivity (Wildman–Crippen MR) is 91.1 cm³/mol. The van der Waals surface area contributed by atoms with Crippen LogP contribution in [-0.4, -0.2) is 6.54 Å². The Morgan fingerprint density at radius 2 is 1.86 bits per heavy atom. The molecule has 1 aliphatic heterocycles. The normalized spacial score (nSPS) is 17.4. The van der Waals surface area contributed by atoms with Gasteiger partial charge in [0.05, 0.1) is 0 Å². The van der Waals surface area contributed by atoms with Crippen molar-refractivity contribution in [3.63, 3.8) is 0 Å². The van der Waals surface area contributed by atoms with Crippen molar-refractivity contribution >= 4 is 5.69 Å². The van der Waals surface area contributed by atoms with Crippen molar-refractivity contribution < 1.29 is 0 Å². The molecule has 0 saturated heterocycles. The minimum absolute atomic E-state index is 0.584. The van der Waals surface area contributed by atoms with Gasteiger partial charge >= 0.3 is 0 Å². The van der Waals surface area contributed by atoms with E-state index >= 15 is 0 Å². The fourth-order valence-corrected chi connectivity index (χ4v) is 3.32. The van der Waals surface area contributed by atoms with Crippen LogP contribution in [0.5, 0.6) is 0 Å². The zero-order valence-corrected chi connectivity index (χ0v) is 13.3. The minimum Gasteiger partial charge on any atom is -0.384 e. The minimum atomic E-state index is 0.584. The Balaban J connectivity index is 1.76. The summed E-state index contributed by atoms with van der Waals surface area (Å²) in [5, 5.41) is 3.69. The maximum absolute atomic E-state index is 3.69. The van der Waals surface area contributed by atoms with Gasteiger partial charge in [0, 0.05) is 12.2 Å². The topological polar surface area (TPSA) is 12.0 Å². The second kappa shape index (κ2) is 5.93. The summed E-state index contributed by atoms with van der Waals surface area (Å²) < 4.78 is 0. The Kier molecular flexibility index (Phi) is 4.01. The van der Waals surface area contributed by atoms with Gasteiger partial charge in [0.1, 0.15) is 0 Å². The Bertz CT molecular complexity index is 610. The Morgan fingerprint density at radius 1 is 1.10 bits per heavy atom. The molecule has 2 aromatic rings. The van der Waals surface area contributed by atoms with E-state index in [9.17, 15) is 0 Å². The molecule has 1 aliphatic rings. The smallest absolute Gasteiger partial charge is 0.0408 e. The van der Waals surface area contributed by atoms with Gasteiger partial charge < -0.3 is 5.32 Å². The van der Waals surface area contributed by atoms with Gasteiger partial charge in [0.2, 0.25) is 0 Å².